The monoisotopic (exact) mass is 557 g/mol. The third-order valence-corrected chi connectivity index (χ3v) is 10.3. The van der Waals surface area contributed by atoms with Crippen molar-refractivity contribution in [2.75, 3.05) is 13.1 Å². The van der Waals surface area contributed by atoms with Crippen LogP contribution in [0, 0.1) is 5.41 Å². The minimum atomic E-state index is -0.210. The first-order valence-electron chi connectivity index (χ1n) is 15.2. The second-order valence-electron chi connectivity index (χ2n) is 13.1. The molecule has 0 aliphatic carbocycles. The minimum absolute atomic E-state index is 0.107. The van der Waals surface area contributed by atoms with Crippen LogP contribution in [0.25, 0.3) is 21.3 Å². The van der Waals surface area contributed by atoms with Gasteiger partial charge in [-0.25, -0.2) is 0 Å². The molecule has 3 atom stereocenters. The van der Waals surface area contributed by atoms with E-state index in [9.17, 15) is 0 Å². The molecule has 214 valence electrons. The number of nitrogens with one attached hydrogen (secondary N) is 1. The first-order chi connectivity index (χ1) is 18.9. The van der Waals surface area contributed by atoms with Gasteiger partial charge in [0.1, 0.15) is 0 Å². The first kappa shape index (κ1) is 29.2. The number of fused-ring (bicyclic) bond motifs is 6. The Morgan fingerprint density at radius 1 is 1.20 bits per heavy atom. The van der Waals surface area contributed by atoms with Crippen LogP contribution in [0.4, 0.5) is 0 Å². The number of ether oxygens (including phenoxy) is 1. The van der Waals surface area contributed by atoms with Gasteiger partial charge in [0.05, 0.1) is 22.6 Å². The highest BCUT2D eigenvalue weighted by Crippen LogP contribution is 2.59. The van der Waals surface area contributed by atoms with E-state index in [4.69, 9.17) is 14.7 Å². The topological polar surface area (TPSA) is 46.5 Å². The quantitative estimate of drug-likeness (QED) is 0.189. The standard InChI is InChI=1S/C35H47N3OS/c1-10-23(5)25-19-28-29(35(9)16-15-34(28,8)39-35)20-26(25)30-24-13-18-40-31(24)27(21-37-30)32(38-22(3)4)33(6,7)14-12-17-36-11-2/h13,18-21,23,36H,3,10-12,14-17H2,1-2,4-9H3. The molecule has 2 bridgehead atoms. The second kappa shape index (κ2) is 10.8. The second-order valence-corrected chi connectivity index (χ2v) is 14.0. The van der Waals surface area contributed by atoms with Gasteiger partial charge in [-0.15, -0.1) is 11.3 Å². The molecule has 4 nitrogen and oxygen atoms in total. The maximum atomic E-state index is 6.68. The summed E-state index contributed by atoms with van der Waals surface area (Å²) >= 11 is 1.79. The highest BCUT2D eigenvalue weighted by atomic mass is 32.1. The minimum Gasteiger partial charge on any atom is -0.360 e. The fourth-order valence-corrected chi connectivity index (χ4v) is 7.75. The van der Waals surface area contributed by atoms with Crippen LogP contribution in [0.5, 0.6) is 0 Å². The Morgan fingerprint density at radius 2 is 1.90 bits per heavy atom. The van der Waals surface area contributed by atoms with Gasteiger partial charge in [0, 0.05) is 38.5 Å². The molecule has 1 fully saturated rings. The van der Waals surface area contributed by atoms with Gasteiger partial charge < -0.3 is 10.1 Å². The predicted octanol–water partition coefficient (Wildman–Crippen LogP) is 9.47. The number of pyridine rings is 1. The van der Waals surface area contributed by atoms with Crippen molar-refractivity contribution in [2.24, 2.45) is 10.4 Å². The number of aromatic nitrogens is 1. The van der Waals surface area contributed by atoms with E-state index >= 15 is 0 Å². The van der Waals surface area contributed by atoms with E-state index < -0.39 is 0 Å². The SMILES string of the molecule is C=C(C)N=C(c1cnc(-c2cc3c(cc2C(C)CC)C2(C)CCC3(C)O2)c2ccsc12)C(C)(C)CCCNCC. The lowest BCUT2D eigenvalue weighted by atomic mass is 9.75. The third kappa shape index (κ3) is 4.99. The van der Waals surface area contributed by atoms with Crippen molar-refractivity contribution in [3.05, 3.63) is 64.3 Å². The molecule has 0 spiro atoms. The van der Waals surface area contributed by atoms with Crippen LogP contribution in [0.3, 0.4) is 0 Å². The van der Waals surface area contributed by atoms with Gasteiger partial charge in [0.25, 0.3) is 0 Å². The number of rotatable bonds is 11. The summed E-state index contributed by atoms with van der Waals surface area (Å²) in [6.07, 6.45) is 7.47. The molecule has 3 unspecified atom stereocenters. The molecule has 0 saturated carbocycles. The molecule has 2 aromatic heterocycles. The fourth-order valence-electron chi connectivity index (χ4n) is 6.84. The van der Waals surface area contributed by atoms with E-state index in [-0.39, 0.29) is 16.6 Å². The van der Waals surface area contributed by atoms with Crippen LogP contribution < -0.4 is 5.32 Å². The fraction of sp³-hybridized carbons (Fsp3) is 0.543. The molecule has 40 heavy (non-hydrogen) atoms. The van der Waals surface area contributed by atoms with E-state index in [2.05, 4.69) is 90.1 Å². The molecule has 5 rings (SSSR count). The maximum absolute atomic E-state index is 6.68. The highest BCUT2D eigenvalue weighted by Gasteiger charge is 2.54. The predicted molar refractivity (Wildman–Crippen MR) is 172 cm³/mol. The molecule has 4 heterocycles. The molecule has 1 aromatic carbocycles. The number of aliphatic imine (C=N–C) groups is 1. The average Bonchev–Trinajstić information content (AvgIpc) is 3.59. The van der Waals surface area contributed by atoms with Crippen LogP contribution >= 0.6 is 11.3 Å². The van der Waals surface area contributed by atoms with Gasteiger partial charge in [-0.2, -0.15) is 0 Å². The largest absolute Gasteiger partial charge is 0.360 e. The molecule has 2 aliphatic rings. The number of benzene rings is 1. The summed E-state index contributed by atoms with van der Waals surface area (Å²) in [5.74, 6) is 0.433. The normalized spacial score (nSPS) is 23.1. The lowest BCUT2D eigenvalue weighted by Gasteiger charge is -2.28. The Kier molecular flexibility index (Phi) is 7.88. The lowest BCUT2D eigenvalue weighted by molar-refractivity contribution is -0.0662. The lowest BCUT2D eigenvalue weighted by Crippen LogP contribution is -2.27. The summed E-state index contributed by atoms with van der Waals surface area (Å²) in [5, 5.41) is 6.89. The zero-order valence-electron chi connectivity index (χ0n) is 25.8. The number of nitrogens with zero attached hydrogens (tertiary/aromatic N) is 2. The van der Waals surface area contributed by atoms with Crippen LogP contribution in [0.1, 0.15) is 116 Å². The molecule has 0 radical (unpaired) electrons. The average molecular weight is 558 g/mol. The van der Waals surface area contributed by atoms with Crippen molar-refractivity contribution in [3.8, 4) is 11.3 Å². The number of allylic oxidation sites excluding steroid dienone is 1. The van der Waals surface area contributed by atoms with Crippen molar-refractivity contribution in [3.63, 3.8) is 0 Å². The van der Waals surface area contributed by atoms with Gasteiger partial charge in [-0.1, -0.05) is 47.3 Å². The summed E-state index contributed by atoms with van der Waals surface area (Å²) in [6, 6.07) is 7.13. The van der Waals surface area contributed by atoms with Gasteiger partial charge in [-0.3, -0.25) is 9.98 Å². The molecule has 1 saturated heterocycles. The molecule has 2 aliphatic heterocycles. The van der Waals surface area contributed by atoms with Crippen molar-refractivity contribution < 1.29 is 4.74 Å². The van der Waals surface area contributed by atoms with E-state index in [0.717, 1.165) is 67.9 Å². The summed E-state index contributed by atoms with van der Waals surface area (Å²) in [5.41, 5.74) is 9.02. The third-order valence-electron chi connectivity index (χ3n) is 9.35. The Hall–Kier alpha value is -2.34. The van der Waals surface area contributed by atoms with Crippen molar-refractivity contribution in [1.82, 2.24) is 10.3 Å². The Bertz CT molecular complexity index is 1470. The molecule has 1 N–H and O–H groups in total. The zero-order valence-corrected chi connectivity index (χ0v) is 26.6. The van der Waals surface area contributed by atoms with Gasteiger partial charge >= 0.3 is 0 Å². The molecule has 0 amide bonds. The van der Waals surface area contributed by atoms with Crippen molar-refractivity contribution in [2.45, 2.75) is 105 Å². The molecule has 3 aromatic rings. The highest BCUT2D eigenvalue weighted by molar-refractivity contribution is 7.17. The number of hydrogen-bond acceptors (Lipinski definition) is 5. The summed E-state index contributed by atoms with van der Waals surface area (Å²) in [7, 11) is 0. The maximum Gasteiger partial charge on any atom is 0.0920 e. The van der Waals surface area contributed by atoms with E-state index in [1.807, 2.05) is 6.92 Å². The van der Waals surface area contributed by atoms with Crippen LogP contribution in [0.15, 0.2) is 47.0 Å². The van der Waals surface area contributed by atoms with Crippen LogP contribution in [-0.4, -0.2) is 23.8 Å². The van der Waals surface area contributed by atoms with Crippen LogP contribution in [0.2, 0.25) is 0 Å². The smallest absolute Gasteiger partial charge is 0.0920 e. The summed E-state index contributed by atoms with van der Waals surface area (Å²) in [4.78, 5) is 10.3. The summed E-state index contributed by atoms with van der Waals surface area (Å²) in [6.45, 7) is 24.1. The number of hydrogen-bond donors (Lipinski definition) is 1. The molecular weight excluding hydrogens is 510 g/mol. The van der Waals surface area contributed by atoms with Crippen molar-refractivity contribution in [1.29, 1.82) is 0 Å². The Labute approximate surface area is 245 Å². The Morgan fingerprint density at radius 3 is 2.55 bits per heavy atom. The van der Waals surface area contributed by atoms with Crippen molar-refractivity contribution >= 4 is 27.1 Å². The Balaban J connectivity index is 1.66. The first-order valence-corrected chi connectivity index (χ1v) is 16.0. The van der Waals surface area contributed by atoms with Gasteiger partial charge in [0.2, 0.25) is 0 Å². The van der Waals surface area contributed by atoms with Gasteiger partial charge in [0.15, 0.2) is 0 Å². The van der Waals surface area contributed by atoms with Crippen LogP contribution in [-0.2, 0) is 15.9 Å². The molecule has 5 heteroatoms. The number of thiophene rings is 1. The van der Waals surface area contributed by atoms with Gasteiger partial charge in [-0.05, 0) is 106 Å². The summed E-state index contributed by atoms with van der Waals surface area (Å²) < 4.78 is 7.94. The molecular formula is C35H47N3OS. The van der Waals surface area contributed by atoms with E-state index in [1.165, 1.54) is 32.3 Å². The zero-order chi connectivity index (χ0) is 28.9. The van der Waals surface area contributed by atoms with E-state index in [0.29, 0.717) is 5.92 Å². The van der Waals surface area contributed by atoms with E-state index in [1.54, 1.807) is 11.3 Å².